The number of nitrogens with one attached hydrogen (secondary N) is 1. The van der Waals surface area contributed by atoms with Gasteiger partial charge in [0.1, 0.15) is 5.76 Å². The molecule has 2 nitrogen and oxygen atoms in total. The summed E-state index contributed by atoms with van der Waals surface area (Å²) < 4.78 is 5.34. The molecule has 0 saturated carbocycles. The van der Waals surface area contributed by atoms with E-state index in [1.807, 2.05) is 12.1 Å². The Bertz CT molecular complexity index is 243. The summed E-state index contributed by atoms with van der Waals surface area (Å²) >= 11 is 0. The maximum absolute atomic E-state index is 5.34. The SMILES string of the molecule is CCCC(CC)NC(C)Cc1ccco1. The molecule has 0 bridgehead atoms. The fourth-order valence-corrected chi connectivity index (χ4v) is 1.95. The number of hydrogen-bond acceptors (Lipinski definition) is 2. The van der Waals surface area contributed by atoms with Crippen LogP contribution in [0.25, 0.3) is 0 Å². The van der Waals surface area contributed by atoms with E-state index in [9.17, 15) is 0 Å². The minimum Gasteiger partial charge on any atom is -0.469 e. The van der Waals surface area contributed by atoms with E-state index in [-0.39, 0.29) is 0 Å². The van der Waals surface area contributed by atoms with Gasteiger partial charge < -0.3 is 9.73 Å². The van der Waals surface area contributed by atoms with Crippen LogP contribution in [0.15, 0.2) is 22.8 Å². The van der Waals surface area contributed by atoms with Crippen molar-refractivity contribution < 1.29 is 4.42 Å². The van der Waals surface area contributed by atoms with Crippen LogP contribution >= 0.6 is 0 Å². The van der Waals surface area contributed by atoms with Crippen molar-refractivity contribution >= 4 is 0 Å². The highest BCUT2D eigenvalue weighted by atomic mass is 16.3. The van der Waals surface area contributed by atoms with E-state index in [1.54, 1.807) is 6.26 Å². The minimum atomic E-state index is 0.493. The molecule has 15 heavy (non-hydrogen) atoms. The molecule has 0 saturated heterocycles. The fraction of sp³-hybridized carbons (Fsp3) is 0.692. The van der Waals surface area contributed by atoms with Crippen molar-refractivity contribution in [2.75, 3.05) is 0 Å². The minimum absolute atomic E-state index is 0.493. The van der Waals surface area contributed by atoms with E-state index in [0.717, 1.165) is 12.2 Å². The summed E-state index contributed by atoms with van der Waals surface area (Å²) in [4.78, 5) is 0. The molecule has 1 aromatic heterocycles. The van der Waals surface area contributed by atoms with Crippen LogP contribution in [0.5, 0.6) is 0 Å². The Kier molecular flexibility index (Phi) is 5.48. The number of rotatable bonds is 7. The molecule has 1 rings (SSSR count). The van der Waals surface area contributed by atoms with Crippen LogP contribution in [0.1, 0.15) is 45.8 Å². The second-order valence-electron chi connectivity index (χ2n) is 4.25. The molecular weight excluding hydrogens is 186 g/mol. The zero-order valence-electron chi connectivity index (χ0n) is 10.1. The van der Waals surface area contributed by atoms with Gasteiger partial charge in [0.15, 0.2) is 0 Å². The van der Waals surface area contributed by atoms with Crippen molar-refractivity contribution in [3.05, 3.63) is 24.2 Å². The molecule has 0 spiro atoms. The molecule has 1 heterocycles. The first-order valence-electron chi connectivity index (χ1n) is 6.04. The Morgan fingerprint density at radius 2 is 2.20 bits per heavy atom. The maximum atomic E-state index is 5.34. The first kappa shape index (κ1) is 12.3. The van der Waals surface area contributed by atoms with Crippen LogP contribution in [0, 0.1) is 0 Å². The topological polar surface area (TPSA) is 25.2 Å². The monoisotopic (exact) mass is 209 g/mol. The van der Waals surface area contributed by atoms with E-state index in [4.69, 9.17) is 4.42 Å². The van der Waals surface area contributed by atoms with Gasteiger partial charge in [-0.2, -0.15) is 0 Å². The largest absolute Gasteiger partial charge is 0.469 e. The third-order valence-corrected chi connectivity index (χ3v) is 2.74. The second kappa shape index (κ2) is 6.67. The Labute approximate surface area is 93.1 Å². The maximum Gasteiger partial charge on any atom is 0.105 e. The summed E-state index contributed by atoms with van der Waals surface area (Å²) in [5.41, 5.74) is 0. The van der Waals surface area contributed by atoms with Gasteiger partial charge in [0.05, 0.1) is 6.26 Å². The van der Waals surface area contributed by atoms with Crippen molar-refractivity contribution in [2.45, 2.75) is 58.5 Å². The molecular formula is C13H23NO. The van der Waals surface area contributed by atoms with Gasteiger partial charge in [-0.3, -0.25) is 0 Å². The summed E-state index contributed by atoms with van der Waals surface area (Å²) in [6.45, 7) is 6.70. The Morgan fingerprint density at radius 3 is 2.73 bits per heavy atom. The molecule has 86 valence electrons. The van der Waals surface area contributed by atoms with Gasteiger partial charge in [-0.15, -0.1) is 0 Å². The summed E-state index contributed by atoms with van der Waals surface area (Å²) in [6.07, 6.45) is 6.44. The van der Waals surface area contributed by atoms with E-state index in [2.05, 4.69) is 26.1 Å². The van der Waals surface area contributed by atoms with E-state index < -0.39 is 0 Å². The van der Waals surface area contributed by atoms with Crippen LogP contribution < -0.4 is 5.32 Å². The molecule has 2 atom stereocenters. The van der Waals surface area contributed by atoms with E-state index in [0.29, 0.717) is 12.1 Å². The molecule has 1 aromatic rings. The standard InChI is InChI=1S/C13H23NO/c1-4-7-12(5-2)14-11(3)10-13-8-6-9-15-13/h6,8-9,11-12,14H,4-5,7,10H2,1-3H3. The van der Waals surface area contributed by atoms with Gasteiger partial charge in [-0.1, -0.05) is 20.3 Å². The van der Waals surface area contributed by atoms with Crippen LogP contribution in [0.2, 0.25) is 0 Å². The number of furan rings is 1. The highest BCUT2D eigenvalue weighted by Crippen LogP contribution is 2.07. The Morgan fingerprint density at radius 1 is 1.40 bits per heavy atom. The van der Waals surface area contributed by atoms with Crippen LogP contribution in [0.3, 0.4) is 0 Å². The smallest absolute Gasteiger partial charge is 0.105 e. The lowest BCUT2D eigenvalue weighted by Gasteiger charge is -2.21. The summed E-state index contributed by atoms with van der Waals surface area (Å²) in [7, 11) is 0. The van der Waals surface area contributed by atoms with Gasteiger partial charge in [-0.05, 0) is 31.9 Å². The Balaban J connectivity index is 2.30. The van der Waals surface area contributed by atoms with Gasteiger partial charge in [-0.25, -0.2) is 0 Å². The molecule has 0 radical (unpaired) electrons. The molecule has 0 aliphatic carbocycles. The van der Waals surface area contributed by atoms with E-state index in [1.165, 1.54) is 19.3 Å². The van der Waals surface area contributed by atoms with Gasteiger partial charge in [0, 0.05) is 18.5 Å². The lowest BCUT2D eigenvalue weighted by Crippen LogP contribution is -2.37. The third-order valence-electron chi connectivity index (χ3n) is 2.74. The molecule has 0 aromatic carbocycles. The molecule has 0 aliphatic rings. The third kappa shape index (κ3) is 4.52. The predicted molar refractivity (Wildman–Crippen MR) is 64.0 cm³/mol. The lowest BCUT2D eigenvalue weighted by atomic mass is 10.1. The number of hydrogen-bond donors (Lipinski definition) is 1. The van der Waals surface area contributed by atoms with Crippen molar-refractivity contribution in [1.29, 1.82) is 0 Å². The lowest BCUT2D eigenvalue weighted by molar-refractivity contribution is 0.387. The molecule has 0 aliphatic heterocycles. The molecule has 0 fully saturated rings. The van der Waals surface area contributed by atoms with Crippen LogP contribution in [0.4, 0.5) is 0 Å². The van der Waals surface area contributed by atoms with Crippen molar-refractivity contribution in [3.8, 4) is 0 Å². The molecule has 2 unspecified atom stereocenters. The van der Waals surface area contributed by atoms with Crippen molar-refractivity contribution in [3.63, 3.8) is 0 Å². The summed E-state index contributed by atoms with van der Waals surface area (Å²) in [6, 6.07) is 5.14. The van der Waals surface area contributed by atoms with Crippen LogP contribution in [-0.2, 0) is 6.42 Å². The van der Waals surface area contributed by atoms with Gasteiger partial charge in [0.25, 0.3) is 0 Å². The van der Waals surface area contributed by atoms with Gasteiger partial charge >= 0.3 is 0 Å². The van der Waals surface area contributed by atoms with Crippen molar-refractivity contribution in [1.82, 2.24) is 5.32 Å². The zero-order chi connectivity index (χ0) is 11.1. The zero-order valence-corrected chi connectivity index (χ0v) is 10.1. The van der Waals surface area contributed by atoms with E-state index >= 15 is 0 Å². The summed E-state index contributed by atoms with van der Waals surface area (Å²) in [5.74, 6) is 1.07. The first-order valence-corrected chi connectivity index (χ1v) is 6.04. The molecule has 2 heteroatoms. The highest BCUT2D eigenvalue weighted by molar-refractivity contribution is 5.00. The summed E-state index contributed by atoms with van der Waals surface area (Å²) in [5, 5.41) is 3.65. The average Bonchev–Trinajstić information content (AvgIpc) is 2.69. The van der Waals surface area contributed by atoms with Gasteiger partial charge in [0.2, 0.25) is 0 Å². The van der Waals surface area contributed by atoms with Crippen molar-refractivity contribution in [2.24, 2.45) is 0 Å². The normalized spacial score (nSPS) is 15.1. The molecule has 0 amide bonds. The highest BCUT2D eigenvalue weighted by Gasteiger charge is 2.10. The predicted octanol–water partition coefficient (Wildman–Crippen LogP) is 3.38. The first-order chi connectivity index (χ1) is 7.26. The Hall–Kier alpha value is -0.760. The fourth-order valence-electron chi connectivity index (χ4n) is 1.95. The van der Waals surface area contributed by atoms with Crippen LogP contribution in [-0.4, -0.2) is 12.1 Å². The second-order valence-corrected chi connectivity index (χ2v) is 4.25. The average molecular weight is 209 g/mol. The quantitative estimate of drug-likeness (QED) is 0.744. The molecule has 1 N–H and O–H groups in total.